The van der Waals surface area contributed by atoms with Gasteiger partial charge in [0.2, 0.25) is 0 Å². The van der Waals surface area contributed by atoms with Crippen molar-refractivity contribution in [1.29, 1.82) is 0 Å². The van der Waals surface area contributed by atoms with Crippen LogP contribution in [-0.2, 0) is 4.79 Å². The Kier molecular flexibility index (Phi) is 4.10. The zero-order chi connectivity index (χ0) is 13.7. The third-order valence-corrected chi connectivity index (χ3v) is 2.49. The zero-order valence-corrected chi connectivity index (χ0v) is 10.6. The summed E-state index contributed by atoms with van der Waals surface area (Å²) >= 11 is 5.69. The van der Waals surface area contributed by atoms with Crippen LogP contribution in [0.3, 0.4) is 0 Å². The first kappa shape index (κ1) is 13.0. The Morgan fingerprint density at radius 3 is 2.68 bits per heavy atom. The first-order valence-corrected chi connectivity index (χ1v) is 5.84. The van der Waals surface area contributed by atoms with E-state index < -0.39 is 0 Å². The number of nitrogens with two attached hydrogens (primary N) is 1. The second-order valence-corrected chi connectivity index (χ2v) is 4.07. The summed E-state index contributed by atoms with van der Waals surface area (Å²) in [5.74, 6) is -0.0572. The third kappa shape index (κ3) is 3.79. The van der Waals surface area contributed by atoms with Gasteiger partial charge in [-0.3, -0.25) is 4.79 Å². The molecule has 0 saturated carbocycles. The van der Waals surface area contributed by atoms with Gasteiger partial charge in [0.1, 0.15) is 17.3 Å². The maximum absolute atomic E-state index is 11.7. The van der Waals surface area contributed by atoms with Gasteiger partial charge in [0.25, 0.3) is 5.91 Å². The van der Waals surface area contributed by atoms with E-state index >= 15 is 0 Å². The smallest absolute Gasteiger partial charge is 0.251 e. The monoisotopic (exact) mass is 274 g/mol. The molecule has 0 unspecified atom stereocenters. The van der Waals surface area contributed by atoms with E-state index in [4.69, 9.17) is 17.3 Å². The van der Waals surface area contributed by atoms with Crippen molar-refractivity contribution in [2.24, 2.45) is 5.73 Å². The van der Waals surface area contributed by atoms with Gasteiger partial charge in [0, 0.05) is 17.8 Å². The van der Waals surface area contributed by atoms with Gasteiger partial charge in [-0.15, -0.1) is 0 Å². The lowest BCUT2D eigenvalue weighted by molar-refractivity contribution is -0.111. The molecule has 3 N–H and O–H groups in total. The minimum Gasteiger partial charge on any atom is -0.398 e. The topological polar surface area (TPSA) is 80.9 Å². The highest BCUT2D eigenvalue weighted by Crippen LogP contribution is 2.10. The number of aromatic nitrogens is 2. The Hall–Kier alpha value is -2.40. The molecule has 96 valence electrons. The number of nitrogens with one attached hydrogen (secondary N) is 1. The van der Waals surface area contributed by atoms with Gasteiger partial charge in [0.15, 0.2) is 0 Å². The Morgan fingerprint density at radius 2 is 2.00 bits per heavy atom. The highest BCUT2D eigenvalue weighted by Gasteiger charge is 2.03. The summed E-state index contributed by atoms with van der Waals surface area (Å²) in [6, 6.07) is 10.7. The van der Waals surface area contributed by atoms with Crippen molar-refractivity contribution >= 4 is 29.0 Å². The second kappa shape index (κ2) is 5.97. The van der Waals surface area contributed by atoms with Gasteiger partial charge < -0.3 is 11.1 Å². The molecule has 2 rings (SSSR count). The van der Waals surface area contributed by atoms with Gasteiger partial charge in [-0.2, -0.15) is 0 Å². The number of hydrogen-bond acceptors (Lipinski definition) is 4. The summed E-state index contributed by atoms with van der Waals surface area (Å²) in [6.07, 6.45) is 2.56. The van der Waals surface area contributed by atoms with Gasteiger partial charge in [-0.25, -0.2) is 9.97 Å². The molecule has 0 aliphatic rings. The van der Waals surface area contributed by atoms with E-state index in [0.29, 0.717) is 11.5 Å². The van der Waals surface area contributed by atoms with Crippen molar-refractivity contribution in [3.63, 3.8) is 0 Å². The fraction of sp³-hybridized carbons (Fsp3) is 0. The van der Waals surface area contributed by atoms with Crippen LogP contribution in [0.2, 0.25) is 5.15 Å². The highest BCUT2D eigenvalue weighted by atomic mass is 35.5. The van der Waals surface area contributed by atoms with E-state index in [2.05, 4.69) is 15.3 Å². The fourth-order valence-corrected chi connectivity index (χ4v) is 1.57. The number of halogens is 1. The maximum atomic E-state index is 11.7. The van der Waals surface area contributed by atoms with Crippen molar-refractivity contribution < 1.29 is 4.79 Å². The molecule has 1 aromatic carbocycles. The Bertz CT molecular complexity index is 613. The van der Waals surface area contributed by atoms with Crippen LogP contribution in [0.25, 0.3) is 5.70 Å². The lowest BCUT2D eigenvalue weighted by Gasteiger charge is -2.03. The lowest BCUT2D eigenvalue weighted by Crippen LogP contribution is -2.12. The van der Waals surface area contributed by atoms with Gasteiger partial charge in [-0.1, -0.05) is 41.9 Å². The average Bonchev–Trinajstić information content (AvgIpc) is 2.39. The third-order valence-electron chi connectivity index (χ3n) is 2.28. The zero-order valence-electron chi connectivity index (χ0n) is 9.88. The average molecular weight is 275 g/mol. The minimum absolute atomic E-state index is 0.255. The van der Waals surface area contributed by atoms with Crippen LogP contribution in [0.15, 0.2) is 48.8 Å². The highest BCUT2D eigenvalue weighted by molar-refractivity contribution is 6.29. The van der Waals surface area contributed by atoms with Gasteiger partial charge >= 0.3 is 0 Å². The molecule has 6 heteroatoms. The predicted octanol–water partition coefficient (Wildman–Crippen LogP) is 2.07. The fourth-order valence-electron chi connectivity index (χ4n) is 1.42. The second-order valence-electron chi connectivity index (χ2n) is 3.68. The quantitative estimate of drug-likeness (QED) is 0.663. The Morgan fingerprint density at radius 1 is 1.26 bits per heavy atom. The first-order valence-electron chi connectivity index (χ1n) is 5.46. The first-order chi connectivity index (χ1) is 9.15. The number of carbonyl (C=O) groups is 1. The molecule has 0 aliphatic heterocycles. The van der Waals surface area contributed by atoms with Crippen molar-refractivity contribution in [2.75, 3.05) is 5.32 Å². The molecule has 19 heavy (non-hydrogen) atoms. The molecular weight excluding hydrogens is 264 g/mol. The van der Waals surface area contributed by atoms with E-state index in [1.165, 1.54) is 18.5 Å². The number of hydrogen-bond donors (Lipinski definition) is 2. The van der Waals surface area contributed by atoms with E-state index in [1.54, 1.807) is 0 Å². The lowest BCUT2D eigenvalue weighted by atomic mass is 10.1. The number of amides is 1. The van der Waals surface area contributed by atoms with Gasteiger partial charge in [-0.05, 0) is 5.56 Å². The van der Waals surface area contributed by atoms with Crippen molar-refractivity contribution in [2.45, 2.75) is 0 Å². The number of carbonyl (C=O) groups excluding carboxylic acids is 1. The normalized spacial score (nSPS) is 11.1. The number of anilines is 1. The molecule has 0 saturated heterocycles. The molecule has 1 amide bonds. The summed E-state index contributed by atoms with van der Waals surface area (Å²) in [5.41, 5.74) is 6.97. The van der Waals surface area contributed by atoms with E-state index in [0.717, 1.165) is 5.56 Å². The SMILES string of the molecule is NC(=CC(=O)Nc1cc(Cl)ncn1)c1ccccc1. The molecule has 0 radical (unpaired) electrons. The Balaban J connectivity index is 2.09. The molecule has 0 fully saturated rings. The van der Waals surface area contributed by atoms with E-state index in [-0.39, 0.29) is 11.1 Å². The van der Waals surface area contributed by atoms with Gasteiger partial charge in [0.05, 0.1) is 0 Å². The van der Waals surface area contributed by atoms with Crippen LogP contribution < -0.4 is 11.1 Å². The standard InChI is InChI=1S/C13H11ClN4O/c14-11-7-12(17-8-16-11)18-13(19)6-10(15)9-4-2-1-3-5-9/h1-8H,15H2,(H,16,17,18,19). The number of rotatable bonds is 3. The summed E-state index contributed by atoms with van der Waals surface area (Å²) in [5, 5.41) is 2.81. The largest absolute Gasteiger partial charge is 0.398 e. The van der Waals surface area contributed by atoms with Crippen LogP contribution in [0.4, 0.5) is 5.82 Å². The summed E-state index contributed by atoms with van der Waals surface area (Å²) in [4.78, 5) is 19.3. The molecule has 0 spiro atoms. The molecule has 1 heterocycles. The van der Waals surface area contributed by atoms with Crippen LogP contribution >= 0.6 is 11.6 Å². The number of benzene rings is 1. The Labute approximate surface area is 115 Å². The summed E-state index contributed by atoms with van der Waals surface area (Å²) in [7, 11) is 0. The molecule has 0 bridgehead atoms. The summed E-state index contributed by atoms with van der Waals surface area (Å²) in [6.45, 7) is 0. The van der Waals surface area contributed by atoms with Crippen LogP contribution in [0, 0.1) is 0 Å². The minimum atomic E-state index is -0.379. The van der Waals surface area contributed by atoms with Crippen LogP contribution in [-0.4, -0.2) is 15.9 Å². The molecule has 0 aliphatic carbocycles. The molecule has 2 aromatic rings. The molecular formula is C13H11ClN4O. The predicted molar refractivity (Wildman–Crippen MR) is 74.3 cm³/mol. The van der Waals surface area contributed by atoms with Crippen LogP contribution in [0.5, 0.6) is 0 Å². The molecule has 0 atom stereocenters. The van der Waals surface area contributed by atoms with Crippen LogP contribution in [0.1, 0.15) is 5.56 Å². The number of nitrogens with zero attached hydrogens (tertiary/aromatic N) is 2. The van der Waals surface area contributed by atoms with Crippen molar-refractivity contribution in [3.05, 3.63) is 59.5 Å². The summed E-state index contributed by atoms with van der Waals surface area (Å²) < 4.78 is 0. The maximum Gasteiger partial charge on any atom is 0.251 e. The molecule has 1 aromatic heterocycles. The van der Waals surface area contributed by atoms with Crippen molar-refractivity contribution in [3.8, 4) is 0 Å². The van der Waals surface area contributed by atoms with E-state index in [1.807, 2.05) is 30.3 Å². The van der Waals surface area contributed by atoms with E-state index in [9.17, 15) is 4.79 Å². The molecule has 5 nitrogen and oxygen atoms in total. The van der Waals surface area contributed by atoms with Crippen molar-refractivity contribution in [1.82, 2.24) is 9.97 Å².